The van der Waals surface area contributed by atoms with E-state index in [1.165, 1.54) is 0 Å². The van der Waals surface area contributed by atoms with Gasteiger partial charge in [-0.05, 0) is 35.0 Å². The van der Waals surface area contributed by atoms with Gasteiger partial charge in [-0.1, -0.05) is 0 Å². The van der Waals surface area contributed by atoms with Crippen molar-refractivity contribution in [2.75, 3.05) is 0 Å². The quantitative estimate of drug-likeness (QED) is 0.818. The molecule has 2 aromatic rings. The predicted molar refractivity (Wildman–Crippen MR) is 57.2 cm³/mol. The van der Waals surface area contributed by atoms with E-state index in [9.17, 15) is 5.11 Å². The summed E-state index contributed by atoms with van der Waals surface area (Å²) in [6.45, 7) is 1.85. The minimum Gasteiger partial charge on any atom is -0.506 e. The molecule has 1 unspecified atom stereocenters. The summed E-state index contributed by atoms with van der Waals surface area (Å²) < 4.78 is 2.52. The molecule has 0 bridgehead atoms. The van der Waals surface area contributed by atoms with Gasteiger partial charge in [0.15, 0.2) is 0 Å². The minimum absolute atomic E-state index is 0.171. The van der Waals surface area contributed by atoms with Crippen molar-refractivity contribution in [1.82, 2.24) is 9.38 Å². The van der Waals surface area contributed by atoms with Crippen LogP contribution >= 0.6 is 15.9 Å². The van der Waals surface area contributed by atoms with Gasteiger partial charge in [-0.2, -0.15) is 0 Å². The normalized spacial score (nSPS) is 13.4. The molecule has 1 atom stereocenters. The molecule has 0 saturated carbocycles. The van der Waals surface area contributed by atoms with Crippen molar-refractivity contribution in [2.45, 2.75) is 13.0 Å². The summed E-state index contributed by atoms with van der Waals surface area (Å²) in [5.41, 5.74) is 6.66. The number of imidazole rings is 1. The molecule has 74 valence electrons. The summed E-state index contributed by atoms with van der Waals surface area (Å²) in [6.07, 6.45) is 1.60. The summed E-state index contributed by atoms with van der Waals surface area (Å²) >= 11 is 3.34. The standard InChI is InChI=1S/C9H10BrN3O/c1-5(11)9-12-8(10)7-3-2-6(14)4-13(7)9/h2-5,14H,11H2,1H3. The lowest BCUT2D eigenvalue weighted by Crippen LogP contribution is -2.09. The molecule has 2 heterocycles. The van der Waals surface area contributed by atoms with Crippen molar-refractivity contribution in [3.8, 4) is 5.75 Å². The number of rotatable bonds is 1. The molecular formula is C9H10BrN3O. The van der Waals surface area contributed by atoms with Crippen molar-refractivity contribution in [3.05, 3.63) is 28.8 Å². The second-order valence-electron chi connectivity index (χ2n) is 3.19. The number of aromatic nitrogens is 2. The zero-order chi connectivity index (χ0) is 10.3. The average molecular weight is 256 g/mol. The molecular weight excluding hydrogens is 246 g/mol. The number of hydrogen-bond donors (Lipinski definition) is 2. The largest absolute Gasteiger partial charge is 0.506 e. The Bertz CT molecular complexity index is 478. The highest BCUT2D eigenvalue weighted by Gasteiger charge is 2.12. The Kier molecular flexibility index (Phi) is 2.20. The van der Waals surface area contributed by atoms with Crippen molar-refractivity contribution >= 4 is 21.4 Å². The lowest BCUT2D eigenvalue weighted by atomic mass is 10.3. The van der Waals surface area contributed by atoms with Crippen LogP contribution in [0.4, 0.5) is 0 Å². The number of aromatic hydroxyl groups is 1. The van der Waals surface area contributed by atoms with E-state index in [4.69, 9.17) is 5.73 Å². The lowest BCUT2D eigenvalue weighted by molar-refractivity contribution is 0.471. The number of fused-ring (bicyclic) bond motifs is 1. The Balaban J connectivity index is 2.79. The number of pyridine rings is 1. The van der Waals surface area contributed by atoms with E-state index in [0.717, 1.165) is 15.9 Å². The number of halogens is 1. The molecule has 0 saturated heterocycles. The van der Waals surface area contributed by atoms with Gasteiger partial charge in [-0.3, -0.25) is 4.40 Å². The molecule has 0 spiro atoms. The van der Waals surface area contributed by atoms with Crippen molar-refractivity contribution in [2.24, 2.45) is 5.73 Å². The van der Waals surface area contributed by atoms with Gasteiger partial charge in [0, 0.05) is 0 Å². The zero-order valence-electron chi connectivity index (χ0n) is 7.61. The predicted octanol–water partition coefficient (Wildman–Crippen LogP) is 1.82. The summed E-state index contributed by atoms with van der Waals surface area (Å²) in [5.74, 6) is 0.923. The SMILES string of the molecule is CC(N)c1nc(Br)c2ccc(O)cn12. The van der Waals surface area contributed by atoms with Crippen LogP contribution in [0.25, 0.3) is 5.52 Å². The molecule has 14 heavy (non-hydrogen) atoms. The van der Waals surface area contributed by atoms with Crippen LogP contribution in [-0.2, 0) is 0 Å². The highest BCUT2D eigenvalue weighted by atomic mass is 79.9. The van der Waals surface area contributed by atoms with Crippen LogP contribution in [0, 0.1) is 0 Å². The number of nitrogens with two attached hydrogens (primary N) is 1. The molecule has 4 nitrogen and oxygen atoms in total. The number of nitrogens with zero attached hydrogens (tertiary/aromatic N) is 2. The molecule has 3 N–H and O–H groups in total. The molecule has 0 fully saturated rings. The molecule has 0 aliphatic rings. The van der Waals surface area contributed by atoms with Crippen LogP contribution in [0.5, 0.6) is 5.75 Å². The molecule has 0 amide bonds. The smallest absolute Gasteiger partial charge is 0.132 e. The topological polar surface area (TPSA) is 63.5 Å². The van der Waals surface area contributed by atoms with E-state index >= 15 is 0 Å². The Morgan fingerprint density at radius 1 is 1.57 bits per heavy atom. The van der Waals surface area contributed by atoms with Crippen LogP contribution in [0.2, 0.25) is 0 Å². The third kappa shape index (κ3) is 1.38. The fourth-order valence-corrected chi connectivity index (χ4v) is 1.88. The molecule has 5 heteroatoms. The van der Waals surface area contributed by atoms with Crippen molar-refractivity contribution in [1.29, 1.82) is 0 Å². The third-order valence-corrected chi connectivity index (χ3v) is 2.59. The fourth-order valence-electron chi connectivity index (χ4n) is 1.38. The van der Waals surface area contributed by atoms with Crippen LogP contribution in [-0.4, -0.2) is 14.5 Å². The highest BCUT2D eigenvalue weighted by Crippen LogP contribution is 2.23. The second-order valence-corrected chi connectivity index (χ2v) is 3.94. The van der Waals surface area contributed by atoms with Gasteiger partial charge < -0.3 is 10.8 Å². The summed E-state index contributed by atoms with van der Waals surface area (Å²) in [5, 5.41) is 9.34. The van der Waals surface area contributed by atoms with Crippen LogP contribution in [0.1, 0.15) is 18.8 Å². The molecule has 0 aliphatic heterocycles. The molecule has 0 radical (unpaired) electrons. The van der Waals surface area contributed by atoms with Crippen LogP contribution in [0.15, 0.2) is 22.9 Å². The Labute approximate surface area is 89.5 Å². The van der Waals surface area contributed by atoms with E-state index in [-0.39, 0.29) is 11.8 Å². The van der Waals surface area contributed by atoms with Gasteiger partial charge in [-0.25, -0.2) is 4.98 Å². The first-order valence-corrected chi connectivity index (χ1v) is 5.01. The Morgan fingerprint density at radius 2 is 2.29 bits per heavy atom. The van der Waals surface area contributed by atoms with Gasteiger partial charge in [-0.15, -0.1) is 0 Å². The van der Waals surface area contributed by atoms with Crippen LogP contribution in [0.3, 0.4) is 0 Å². The number of hydrogen-bond acceptors (Lipinski definition) is 3. The molecule has 0 aromatic carbocycles. The summed E-state index contributed by atoms with van der Waals surface area (Å²) in [4.78, 5) is 4.27. The maximum Gasteiger partial charge on any atom is 0.132 e. The molecule has 0 aliphatic carbocycles. The zero-order valence-corrected chi connectivity index (χ0v) is 9.19. The van der Waals surface area contributed by atoms with E-state index in [0.29, 0.717) is 0 Å². The van der Waals surface area contributed by atoms with Gasteiger partial charge in [0.2, 0.25) is 0 Å². The lowest BCUT2D eigenvalue weighted by Gasteiger charge is -2.03. The maximum absolute atomic E-state index is 9.34. The first-order chi connectivity index (χ1) is 6.59. The Hall–Kier alpha value is -1.07. The van der Waals surface area contributed by atoms with Crippen molar-refractivity contribution < 1.29 is 5.11 Å². The third-order valence-electron chi connectivity index (χ3n) is 2.01. The fraction of sp³-hybridized carbons (Fsp3) is 0.222. The van der Waals surface area contributed by atoms with Crippen LogP contribution < -0.4 is 5.73 Å². The first-order valence-electron chi connectivity index (χ1n) is 4.21. The first kappa shape index (κ1) is 9.48. The summed E-state index contributed by atoms with van der Waals surface area (Å²) in [6, 6.07) is 3.24. The van der Waals surface area contributed by atoms with E-state index in [2.05, 4.69) is 20.9 Å². The maximum atomic E-state index is 9.34. The minimum atomic E-state index is -0.171. The van der Waals surface area contributed by atoms with Crippen molar-refractivity contribution in [3.63, 3.8) is 0 Å². The van der Waals surface area contributed by atoms with Gasteiger partial charge >= 0.3 is 0 Å². The van der Waals surface area contributed by atoms with Gasteiger partial charge in [0.1, 0.15) is 16.2 Å². The van der Waals surface area contributed by atoms with E-state index in [1.54, 1.807) is 22.7 Å². The summed E-state index contributed by atoms with van der Waals surface area (Å²) in [7, 11) is 0. The monoisotopic (exact) mass is 255 g/mol. The average Bonchev–Trinajstić information content (AvgIpc) is 2.43. The van der Waals surface area contributed by atoms with E-state index < -0.39 is 0 Å². The second kappa shape index (κ2) is 3.25. The van der Waals surface area contributed by atoms with Gasteiger partial charge in [0.05, 0.1) is 17.8 Å². The highest BCUT2D eigenvalue weighted by molar-refractivity contribution is 9.10. The molecule has 2 aromatic heterocycles. The Morgan fingerprint density at radius 3 is 2.93 bits per heavy atom. The molecule has 2 rings (SSSR count). The van der Waals surface area contributed by atoms with E-state index in [1.807, 2.05) is 6.92 Å². The van der Waals surface area contributed by atoms with Gasteiger partial charge in [0.25, 0.3) is 0 Å².